The molecule has 2 N–H and O–H groups in total. The number of aliphatic hydroxyl groups is 1. The average molecular weight is 305 g/mol. The SMILES string of the molecule is CCN(CCO)CCCCNc1ccnc2cc(F)ccc12. The van der Waals surface area contributed by atoms with Crippen LogP contribution in [0.25, 0.3) is 10.9 Å². The Bertz CT molecular complexity index is 591. The highest BCUT2D eigenvalue weighted by Gasteiger charge is 2.03. The number of benzene rings is 1. The number of unbranched alkanes of at least 4 members (excludes halogenated alkanes) is 1. The molecule has 0 saturated heterocycles. The fourth-order valence-electron chi connectivity index (χ4n) is 2.53. The minimum Gasteiger partial charge on any atom is -0.395 e. The molecule has 1 aromatic carbocycles. The monoisotopic (exact) mass is 305 g/mol. The number of pyridine rings is 1. The Kier molecular flexibility index (Phi) is 6.55. The summed E-state index contributed by atoms with van der Waals surface area (Å²) in [7, 11) is 0. The van der Waals surface area contributed by atoms with E-state index in [1.807, 2.05) is 6.07 Å². The predicted molar refractivity (Wildman–Crippen MR) is 88.6 cm³/mol. The molecule has 0 amide bonds. The molecule has 0 aliphatic heterocycles. The van der Waals surface area contributed by atoms with Gasteiger partial charge in [0.15, 0.2) is 0 Å². The molecule has 0 aliphatic carbocycles. The summed E-state index contributed by atoms with van der Waals surface area (Å²) in [5, 5.41) is 13.3. The van der Waals surface area contributed by atoms with Crippen LogP contribution in [0, 0.1) is 5.82 Å². The Hall–Kier alpha value is -1.72. The third kappa shape index (κ3) is 4.64. The molecule has 0 atom stereocenters. The summed E-state index contributed by atoms with van der Waals surface area (Å²) in [6.07, 6.45) is 3.83. The summed E-state index contributed by atoms with van der Waals surface area (Å²) >= 11 is 0. The van der Waals surface area contributed by atoms with Gasteiger partial charge in [0, 0.05) is 36.4 Å². The Balaban J connectivity index is 1.82. The molecule has 0 spiro atoms. The smallest absolute Gasteiger partial charge is 0.125 e. The van der Waals surface area contributed by atoms with Gasteiger partial charge in [-0.25, -0.2) is 4.39 Å². The van der Waals surface area contributed by atoms with Crippen molar-refractivity contribution in [2.24, 2.45) is 0 Å². The van der Waals surface area contributed by atoms with Crippen molar-refractivity contribution >= 4 is 16.6 Å². The maximum absolute atomic E-state index is 13.2. The van der Waals surface area contributed by atoms with E-state index in [1.54, 1.807) is 12.3 Å². The zero-order valence-electron chi connectivity index (χ0n) is 13.1. The van der Waals surface area contributed by atoms with E-state index >= 15 is 0 Å². The molecular formula is C17H24FN3O. The van der Waals surface area contributed by atoms with Gasteiger partial charge < -0.3 is 15.3 Å². The van der Waals surface area contributed by atoms with Crippen molar-refractivity contribution in [3.63, 3.8) is 0 Å². The topological polar surface area (TPSA) is 48.4 Å². The first kappa shape index (κ1) is 16.6. The maximum atomic E-state index is 13.2. The standard InChI is InChI=1S/C17H24FN3O/c1-2-21(11-12-22)10-4-3-8-19-16-7-9-20-17-13-14(18)5-6-15(16)17/h5-7,9,13,22H,2-4,8,10-12H2,1H3,(H,19,20). The number of fused-ring (bicyclic) bond motifs is 1. The summed E-state index contributed by atoms with van der Waals surface area (Å²) in [6, 6.07) is 6.60. The molecule has 0 unspecified atom stereocenters. The maximum Gasteiger partial charge on any atom is 0.125 e. The van der Waals surface area contributed by atoms with E-state index in [1.165, 1.54) is 12.1 Å². The van der Waals surface area contributed by atoms with Gasteiger partial charge in [-0.15, -0.1) is 0 Å². The minimum absolute atomic E-state index is 0.214. The second-order valence-corrected chi connectivity index (χ2v) is 5.31. The summed E-state index contributed by atoms with van der Waals surface area (Å²) in [5.41, 5.74) is 1.66. The second kappa shape index (κ2) is 8.66. The van der Waals surface area contributed by atoms with E-state index in [0.717, 1.165) is 50.1 Å². The van der Waals surface area contributed by atoms with Gasteiger partial charge in [-0.3, -0.25) is 4.98 Å². The van der Waals surface area contributed by atoms with Crippen molar-refractivity contribution in [1.82, 2.24) is 9.88 Å². The van der Waals surface area contributed by atoms with E-state index in [-0.39, 0.29) is 12.4 Å². The first-order chi connectivity index (χ1) is 10.7. The number of hydrogen-bond donors (Lipinski definition) is 2. The van der Waals surface area contributed by atoms with Crippen molar-refractivity contribution in [3.05, 3.63) is 36.3 Å². The molecule has 0 fully saturated rings. The Morgan fingerprint density at radius 2 is 2.09 bits per heavy atom. The number of rotatable bonds is 9. The van der Waals surface area contributed by atoms with Crippen LogP contribution >= 0.6 is 0 Å². The number of aromatic nitrogens is 1. The van der Waals surface area contributed by atoms with E-state index in [2.05, 4.69) is 22.1 Å². The average Bonchev–Trinajstić information content (AvgIpc) is 2.53. The van der Waals surface area contributed by atoms with Gasteiger partial charge in [0.05, 0.1) is 12.1 Å². The largest absolute Gasteiger partial charge is 0.395 e. The van der Waals surface area contributed by atoms with E-state index in [0.29, 0.717) is 5.52 Å². The normalized spacial score (nSPS) is 11.3. The van der Waals surface area contributed by atoms with Crippen molar-refractivity contribution in [2.75, 3.05) is 38.1 Å². The predicted octanol–water partition coefficient (Wildman–Crippen LogP) is 2.88. The summed E-state index contributed by atoms with van der Waals surface area (Å²) in [6.45, 7) is 5.90. The lowest BCUT2D eigenvalue weighted by atomic mass is 10.2. The lowest BCUT2D eigenvalue weighted by Gasteiger charge is -2.18. The van der Waals surface area contributed by atoms with Gasteiger partial charge in [0.1, 0.15) is 5.82 Å². The molecule has 120 valence electrons. The molecule has 4 nitrogen and oxygen atoms in total. The molecule has 0 saturated carbocycles. The number of anilines is 1. The number of aliphatic hydroxyl groups excluding tert-OH is 1. The van der Waals surface area contributed by atoms with Crippen LogP contribution in [0.3, 0.4) is 0 Å². The van der Waals surface area contributed by atoms with Gasteiger partial charge in [-0.2, -0.15) is 0 Å². The number of hydrogen-bond acceptors (Lipinski definition) is 4. The van der Waals surface area contributed by atoms with Crippen molar-refractivity contribution in [3.8, 4) is 0 Å². The summed E-state index contributed by atoms with van der Waals surface area (Å²) in [4.78, 5) is 6.43. The lowest BCUT2D eigenvalue weighted by molar-refractivity contribution is 0.200. The van der Waals surface area contributed by atoms with Gasteiger partial charge in [0.25, 0.3) is 0 Å². The fourth-order valence-corrected chi connectivity index (χ4v) is 2.53. The van der Waals surface area contributed by atoms with Gasteiger partial charge in [-0.1, -0.05) is 6.92 Å². The number of halogens is 1. The first-order valence-electron chi connectivity index (χ1n) is 7.86. The van der Waals surface area contributed by atoms with Crippen molar-refractivity contribution in [2.45, 2.75) is 19.8 Å². The Morgan fingerprint density at radius 1 is 1.23 bits per heavy atom. The van der Waals surface area contributed by atoms with Crippen LogP contribution in [-0.4, -0.2) is 47.8 Å². The Labute approximate surface area is 131 Å². The van der Waals surface area contributed by atoms with Crippen LogP contribution in [-0.2, 0) is 0 Å². The van der Waals surface area contributed by atoms with Crippen molar-refractivity contribution < 1.29 is 9.50 Å². The number of likely N-dealkylation sites (N-methyl/N-ethyl adjacent to an activating group) is 1. The first-order valence-corrected chi connectivity index (χ1v) is 7.86. The highest BCUT2D eigenvalue weighted by atomic mass is 19.1. The minimum atomic E-state index is -0.263. The second-order valence-electron chi connectivity index (χ2n) is 5.31. The van der Waals surface area contributed by atoms with E-state index in [9.17, 15) is 4.39 Å². The number of nitrogens with one attached hydrogen (secondary N) is 1. The van der Waals surface area contributed by atoms with Crippen LogP contribution in [0.4, 0.5) is 10.1 Å². The van der Waals surface area contributed by atoms with Crippen molar-refractivity contribution in [1.29, 1.82) is 0 Å². The third-order valence-electron chi connectivity index (χ3n) is 3.78. The van der Waals surface area contributed by atoms with Crippen LogP contribution in [0.1, 0.15) is 19.8 Å². The molecule has 2 aromatic rings. The number of nitrogens with zero attached hydrogens (tertiary/aromatic N) is 2. The molecule has 0 radical (unpaired) electrons. The summed E-state index contributed by atoms with van der Waals surface area (Å²) < 4.78 is 13.2. The zero-order chi connectivity index (χ0) is 15.8. The lowest BCUT2D eigenvalue weighted by Crippen LogP contribution is -2.27. The van der Waals surface area contributed by atoms with Gasteiger partial charge in [0.2, 0.25) is 0 Å². The van der Waals surface area contributed by atoms with Crippen LogP contribution < -0.4 is 5.32 Å². The van der Waals surface area contributed by atoms with Crippen LogP contribution in [0.5, 0.6) is 0 Å². The van der Waals surface area contributed by atoms with Crippen LogP contribution in [0.15, 0.2) is 30.5 Å². The molecule has 0 bridgehead atoms. The fraction of sp³-hybridized carbons (Fsp3) is 0.471. The highest BCUT2D eigenvalue weighted by Crippen LogP contribution is 2.22. The molecule has 5 heteroatoms. The summed E-state index contributed by atoms with van der Waals surface area (Å²) in [5.74, 6) is -0.263. The van der Waals surface area contributed by atoms with E-state index < -0.39 is 0 Å². The molecule has 0 aliphatic rings. The zero-order valence-corrected chi connectivity index (χ0v) is 13.1. The van der Waals surface area contributed by atoms with Gasteiger partial charge in [-0.05, 0) is 44.1 Å². The molecule has 2 rings (SSSR count). The highest BCUT2D eigenvalue weighted by molar-refractivity contribution is 5.90. The van der Waals surface area contributed by atoms with Gasteiger partial charge >= 0.3 is 0 Å². The molecule has 1 heterocycles. The van der Waals surface area contributed by atoms with Crippen LogP contribution in [0.2, 0.25) is 0 Å². The molecule has 22 heavy (non-hydrogen) atoms. The van der Waals surface area contributed by atoms with E-state index in [4.69, 9.17) is 5.11 Å². The third-order valence-corrected chi connectivity index (χ3v) is 3.78. The molecular weight excluding hydrogens is 281 g/mol. The quantitative estimate of drug-likeness (QED) is 0.699. The molecule has 1 aromatic heterocycles. The Morgan fingerprint density at radius 3 is 2.86 bits per heavy atom.